The third-order valence-electron chi connectivity index (χ3n) is 3.74. The summed E-state index contributed by atoms with van der Waals surface area (Å²) in [5, 5.41) is 0.741. The van der Waals surface area contributed by atoms with Gasteiger partial charge in [-0.1, -0.05) is 27.2 Å². The molecule has 1 heterocycles. The molecule has 0 radical (unpaired) electrons. The third-order valence-corrected chi connectivity index (χ3v) is 4.83. The Bertz CT molecular complexity index is 434. The van der Waals surface area contributed by atoms with E-state index in [9.17, 15) is 4.79 Å². The van der Waals surface area contributed by atoms with Crippen LogP contribution < -0.4 is 5.73 Å². The van der Waals surface area contributed by atoms with E-state index in [1.54, 1.807) is 11.3 Å². The summed E-state index contributed by atoms with van der Waals surface area (Å²) in [6.07, 6.45) is 4.59. The van der Waals surface area contributed by atoms with Crippen molar-refractivity contribution in [1.29, 1.82) is 0 Å². The zero-order valence-electron chi connectivity index (χ0n) is 10.9. The number of fused-ring (bicyclic) bond motifs is 1. The maximum Gasteiger partial charge on any atom is 0.168 e. The Hall–Kier alpha value is -0.830. The summed E-state index contributed by atoms with van der Waals surface area (Å²) in [6.45, 7) is 6.14. The van der Waals surface area contributed by atoms with Gasteiger partial charge >= 0.3 is 0 Å². The number of nitrogens with two attached hydrogens (primary N) is 1. The standard InChI is InChI=1S/C14H21NOS/c1-4-9-5-6-10-11(7-9)17-14(15)12(10)13(16)8(2)3/h8-9H,4-7,15H2,1-3H3. The molecule has 2 nitrogen and oxygen atoms in total. The van der Waals surface area contributed by atoms with Gasteiger partial charge < -0.3 is 5.73 Å². The van der Waals surface area contributed by atoms with E-state index in [2.05, 4.69) is 6.92 Å². The van der Waals surface area contributed by atoms with E-state index in [0.29, 0.717) is 0 Å². The highest BCUT2D eigenvalue weighted by Gasteiger charge is 2.28. The van der Waals surface area contributed by atoms with Crippen molar-refractivity contribution < 1.29 is 4.79 Å². The van der Waals surface area contributed by atoms with Crippen molar-refractivity contribution in [3.63, 3.8) is 0 Å². The summed E-state index contributed by atoms with van der Waals surface area (Å²) in [4.78, 5) is 13.5. The molecular formula is C14H21NOS. The SMILES string of the molecule is CCC1CCc2c(sc(N)c2C(=O)C(C)C)C1. The van der Waals surface area contributed by atoms with E-state index in [1.165, 1.54) is 23.3 Å². The monoisotopic (exact) mass is 251 g/mol. The van der Waals surface area contributed by atoms with Gasteiger partial charge in [-0.2, -0.15) is 0 Å². The first-order valence-corrected chi connectivity index (χ1v) is 7.30. The van der Waals surface area contributed by atoms with Crippen LogP contribution in [-0.2, 0) is 12.8 Å². The van der Waals surface area contributed by atoms with Gasteiger partial charge in [-0.25, -0.2) is 0 Å². The minimum atomic E-state index is 0.0416. The lowest BCUT2D eigenvalue weighted by atomic mass is 9.84. The van der Waals surface area contributed by atoms with Crippen molar-refractivity contribution in [1.82, 2.24) is 0 Å². The maximum absolute atomic E-state index is 12.2. The van der Waals surface area contributed by atoms with Gasteiger partial charge in [-0.3, -0.25) is 4.79 Å². The van der Waals surface area contributed by atoms with Gasteiger partial charge in [0.25, 0.3) is 0 Å². The van der Waals surface area contributed by atoms with E-state index >= 15 is 0 Å². The Morgan fingerprint density at radius 1 is 1.53 bits per heavy atom. The molecule has 1 unspecified atom stereocenters. The Morgan fingerprint density at radius 3 is 2.82 bits per heavy atom. The molecular weight excluding hydrogens is 230 g/mol. The second-order valence-corrected chi connectivity index (χ2v) is 6.42. The first-order chi connectivity index (χ1) is 8.04. The molecule has 1 atom stereocenters. The van der Waals surface area contributed by atoms with Crippen LogP contribution >= 0.6 is 11.3 Å². The lowest BCUT2D eigenvalue weighted by Gasteiger charge is -2.21. The number of carbonyl (C=O) groups excluding carboxylic acids is 1. The molecule has 3 heteroatoms. The fourth-order valence-electron chi connectivity index (χ4n) is 2.58. The average molecular weight is 251 g/mol. The molecule has 0 bridgehead atoms. The quantitative estimate of drug-likeness (QED) is 0.833. The Balaban J connectivity index is 2.37. The average Bonchev–Trinajstić information content (AvgIpc) is 2.62. The number of Topliss-reactive ketones (excluding diaryl/α,β-unsaturated/α-hetero) is 1. The van der Waals surface area contributed by atoms with E-state index < -0.39 is 0 Å². The number of thiophene rings is 1. The zero-order valence-corrected chi connectivity index (χ0v) is 11.7. The van der Waals surface area contributed by atoms with Crippen molar-refractivity contribution in [3.8, 4) is 0 Å². The minimum absolute atomic E-state index is 0.0416. The first-order valence-electron chi connectivity index (χ1n) is 6.48. The largest absolute Gasteiger partial charge is 0.390 e. The van der Waals surface area contributed by atoms with Gasteiger partial charge in [0.15, 0.2) is 5.78 Å². The van der Waals surface area contributed by atoms with Gasteiger partial charge in [-0.05, 0) is 30.7 Å². The summed E-state index contributed by atoms with van der Waals surface area (Å²) in [7, 11) is 0. The van der Waals surface area contributed by atoms with E-state index in [4.69, 9.17) is 5.73 Å². The van der Waals surface area contributed by atoms with Crippen LogP contribution in [0.1, 0.15) is 54.4 Å². The van der Waals surface area contributed by atoms with Crippen molar-refractivity contribution in [3.05, 3.63) is 16.0 Å². The predicted molar refractivity (Wildman–Crippen MR) is 73.7 cm³/mol. The molecule has 94 valence electrons. The van der Waals surface area contributed by atoms with E-state index in [-0.39, 0.29) is 11.7 Å². The maximum atomic E-state index is 12.2. The molecule has 1 aliphatic rings. The number of nitrogen functional groups attached to an aromatic ring is 1. The topological polar surface area (TPSA) is 43.1 Å². The second-order valence-electron chi connectivity index (χ2n) is 5.28. The van der Waals surface area contributed by atoms with E-state index in [0.717, 1.165) is 29.3 Å². The summed E-state index contributed by atoms with van der Waals surface area (Å²) in [5.74, 6) is 1.04. The Labute approximate surface area is 107 Å². The van der Waals surface area contributed by atoms with Crippen LogP contribution in [0.4, 0.5) is 5.00 Å². The summed E-state index contributed by atoms with van der Waals surface area (Å²) in [6, 6.07) is 0. The van der Waals surface area contributed by atoms with Crippen LogP contribution in [0.5, 0.6) is 0 Å². The van der Waals surface area contributed by atoms with Gasteiger partial charge in [0.1, 0.15) is 0 Å². The van der Waals surface area contributed by atoms with Crippen LogP contribution in [0.3, 0.4) is 0 Å². The van der Waals surface area contributed by atoms with Gasteiger partial charge in [0, 0.05) is 10.8 Å². The highest BCUT2D eigenvalue weighted by atomic mass is 32.1. The van der Waals surface area contributed by atoms with Crippen LogP contribution in [-0.4, -0.2) is 5.78 Å². The van der Waals surface area contributed by atoms with E-state index in [1.807, 2.05) is 13.8 Å². The fraction of sp³-hybridized carbons (Fsp3) is 0.643. The van der Waals surface area contributed by atoms with Gasteiger partial charge in [0.2, 0.25) is 0 Å². The number of hydrogen-bond acceptors (Lipinski definition) is 3. The molecule has 17 heavy (non-hydrogen) atoms. The number of rotatable bonds is 3. The number of carbonyl (C=O) groups is 1. The lowest BCUT2D eigenvalue weighted by molar-refractivity contribution is 0.0939. The number of anilines is 1. The first kappa shape index (κ1) is 12.6. The molecule has 2 N–H and O–H groups in total. The molecule has 0 fully saturated rings. The molecule has 0 saturated carbocycles. The van der Waals surface area contributed by atoms with Crippen molar-refractivity contribution in [2.45, 2.75) is 46.5 Å². The minimum Gasteiger partial charge on any atom is -0.390 e. The molecule has 0 aromatic carbocycles. The molecule has 0 saturated heterocycles. The third kappa shape index (κ3) is 2.25. The van der Waals surface area contributed by atoms with Crippen LogP contribution in [0.15, 0.2) is 0 Å². The van der Waals surface area contributed by atoms with Crippen molar-refractivity contribution in [2.75, 3.05) is 5.73 Å². The normalized spacial score (nSPS) is 19.4. The highest BCUT2D eigenvalue weighted by molar-refractivity contribution is 7.16. The number of ketones is 1. The molecule has 1 aromatic heterocycles. The summed E-state index contributed by atoms with van der Waals surface area (Å²) in [5.41, 5.74) is 8.15. The van der Waals surface area contributed by atoms with Crippen LogP contribution in [0, 0.1) is 11.8 Å². The van der Waals surface area contributed by atoms with Crippen LogP contribution in [0.2, 0.25) is 0 Å². The Kier molecular flexibility index (Phi) is 3.57. The lowest BCUT2D eigenvalue weighted by Crippen LogP contribution is -2.16. The molecule has 0 amide bonds. The second kappa shape index (κ2) is 4.81. The molecule has 0 spiro atoms. The highest BCUT2D eigenvalue weighted by Crippen LogP contribution is 2.39. The van der Waals surface area contributed by atoms with Gasteiger partial charge in [-0.15, -0.1) is 11.3 Å². The van der Waals surface area contributed by atoms with Crippen molar-refractivity contribution in [2.24, 2.45) is 11.8 Å². The zero-order chi connectivity index (χ0) is 12.6. The van der Waals surface area contributed by atoms with Crippen molar-refractivity contribution >= 4 is 22.1 Å². The molecule has 0 aliphatic heterocycles. The predicted octanol–water partition coefficient (Wildman–Crippen LogP) is 3.68. The fourth-order valence-corrected chi connectivity index (χ4v) is 3.82. The number of hydrogen-bond donors (Lipinski definition) is 1. The molecule has 2 rings (SSSR count). The van der Waals surface area contributed by atoms with Gasteiger partial charge in [0.05, 0.1) is 10.6 Å². The smallest absolute Gasteiger partial charge is 0.168 e. The molecule has 1 aliphatic carbocycles. The summed E-state index contributed by atoms with van der Waals surface area (Å²) < 4.78 is 0. The molecule has 1 aromatic rings. The Morgan fingerprint density at radius 2 is 2.24 bits per heavy atom. The summed E-state index contributed by atoms with van der Waals surface area (Å²) >= 11 is 1.64. The van der Waals surface area contributed by atoms with Crippen LogP contribution in [0.25, 0.3) is 0 Å².